The number of carbonyl (C=O) groups is 1. The van der Waals surface area contributed by atoms with Gasteiger partial charge in [-0.25, -0.2) is 4.98 Å². The molecule has 3 aromatic rings. The molecule has 134 valence electrons. The zero-order valence-corrected chi connectivity index (χ0v) is 15.9. The van der Waals surface area contributed by atoms with E-state index in [0.717, 1.165) is 48.5 Å². The quantitative estimate of drug-likeness (QED) is 0.719. The third kappa shape index (κ3) is 3.74. The van der Waals surface area contributed by atoms with Crippen molar-refractivity contribution in [1.29, 1.82) is 0 Å². The van der Waals surface area contributed by atoms with Crippen LogP contribution in [0.3, 0.4) is 0 Å². The fraction of sp³-hybridized carbons (Fsp3) is 0.300. The number of hydrogen-bond donors (Lipinski definition) is 1. The average Bonchev–Trinajstić information content (AvgIpc) is 2.82. The molecule has 2 heterocycles. The number of hydrogen-bond acceptors (Lipinski definition) is 3. The van der Waals surface area contributed by atoms with E-state index in [-0.39, 0.29) is 11.2 Å². The maximum atomic E-state index is 12.4. The molecule has 1 N–H and O–H groups in total. The number of carbonyl (C=O) groups excluding carboxylic acids is 1. The Kier molecular flexibility index (Phi) is 5.18. The molecule has 6 heteroatoms. The van der Waals surface area contributed by atoms with Gasteiger partial charge in [-0.2, -0.15) is 0 Å². The average molecular weight is 386 g/mol. The summed E-state index contributed by atoms with van der Waals surface area (Å²) in [6, 6.07) is 16.1. The number of aromatic nitrogens is 2. The smallest absolute Gasteiger partial charge is 0.233 e. The molecule has 2 aromatic carbocycles. The van der Waals surface area contributed by atoms with Crippen LogP contribution in [0.1, 0.15) is 24.8 Å². The summed E-state index contributed by atoms with van der Waals surface area (Å²) in [7, 11) is 0. The first-order valence-electron chi connectivity index (χ1n) is 8.85. The van der Waals surface area contributed by atoms with Crippen LogP contribution < -0.4 is 5.32 Å². The summed E-state index contributed by atoms with van der Waals surface area (Å²) in [6.45, 7) is 1.49. The molecule has 26 heavy (non-hydrogen) atoms. The Labute approximate surface area is 161 Å². The number of imidazole rings is 1. The largest absolute Gasteiger partial charge is 0.355 e. The van der Waals surface area contributed by atoms with Crippen molar-refractivity contribution in [2.45, 2.75) is 36.2 Å². The Bertz CT molecular complexity index is 925. The van der Waals surface area contributed by atoms with E-state index < -0.39 is 0 Å². The number of halogens is 1. The number of amides is 1. The molecule has 1 unspecified atom stereocenters. The first kappa shape index (κ1) is 17.4. The van der Waals surface area contributed by atoms with Gasteiger partial charge in [0.15, 0.2) is 5.16 Å². The van der Waals surface area contributed by atoms with Crippen LogP contribution in [-0.2, 0) is 11.3 Å². The number of rotatable bonds is 4. The lowest BCUT2D eigenvalue weighted by molar-refractivity contribution is -0.120. The molecule has 1 saturated heterocycles. The van der Waals surface area contributed by atoms with Crippen molar-refractivity contribution in [2.75, 3.05) is 6.54 Å². The molecular weight excluding hydrogens is 366 g/mol. The minimum absolute atomic E-state index is 0.0979. The molecule has 0 bridgehead atoms. The highest BCUT2D eigenvalue weighted by Crippen LogP contribution is 2.32. The Hall–Kier alpha value is -1.98. The van der Waals surface area contributed by atoms with Crippen LogP contribution in [0.2, 0.25) is 5.02 Å². The topological polar surface area (TPSA) is 46.9 Å². The number of nitrogens with zero attached hydrogens (tertiary/aromatic N) is 2. The molecular formula is C20H20ClN3OS. The highest BCUT2D eigenvalue weighted by atomic mass is 35.5. The zero-order chi connectivity index (χ0) is 17.9. The van der Waals surface area contributed by atoms with Crippen molar-refractivity contribution in [2.24, 2.45) is 0 Å². The Morgan fingerprint density at radius 1 is 1.19 bits per heavy atom. The molecule has 0 aliphatic carbocycles. The Balaban J connectivity index is 1.72. The third-order valence-corrected chi connectivity index (χ3v) is 6.08. The highest BCUT2D eigenvalue weighted by molar-refractivity contribution is 8.00. The SMILES string of the molecule is O=C1NCCCCC1Sc1nc2cc(Cl)ccc2n1Cc1ccccc1. The van der Waals surface area contributed by atoms with Gasteiger partial charge in [0.05, 0.1) is 22.8 Å². The highest BCUT2D eigenvalue weighted by Gasteiger charge is 2.24. The second kappa shape index (κ2) is 7.72. The summed E-state index contributed by atoms with van der Waals surface area (Å²) in [4.78, 5) is 17.2. The van der Waals surface area contributed by atoms with Crippen molar-refractivity contribution < 1.29 is 4.79 Å². The van der Waals surface area contributed by atoms with Crippen molar-refractivity contribution >= 4 is 40.3 Å². The van der Waals surface area contributed by atoms with Crippen molar-refractivity contribution in [3.8, 4) is 0 Å². The van der Waals surface area contributed by atoms with Gasteiger partial charge in [-0.05, 0) is 36.6 Å². The summed E-state index contributed by atoms with van der Waals surface area (Å²) < 4.78 is 2.18. The summed E-state index contributed by atoms with van der Waals surface area (Å²) in [6.07, 6.45) is 2.98. The lowest BCUT2D eigenvalue weighted by Gasteiger charge is -2.14. The Morgan fingerprint density at radius 2 is 2.04 bits per heavy atom. The summed E-state index contributed by atoms with van der Waals surface area (Å²) in [5, 5.41) is 4.45. The van der Waals surface area contributed by atoms with Crippen LogP contribution in [0.25, 0.3) is 11.0 Å². The van der Waals surface area contributed by atoms with Crippen molar-refractivity contribution in [3.05, 3.63) is 59.1 Å². The monoisotopic (exact) mass is 385 g/mol. The minimum atomic E-state index is -0.0979. The molecule has 1 atom stereocenters. The standard InChI is InChI=1S/C20H20ClN3OS/c21-15-9-10-17-16(12-15)23-20(24(17)13-14-6-2-1-3-7-14)26-18-8-4-5-11-22-19(18)25/h1-3,6-7,9-10,12,18H,4-5,8,11,13H2,(H,22,25). The third-order valence-electron chi connectivity index (χ3n) is 4.59. The maximum absolute atomic E-state index is 12.4. The van der Waals surface area contributed by atoms with Crippen LogP contribution in [0.4, 0.5) is 0 Å². The van der Waals surface area contributed by atoms with Gasteiger partial charge < -0.3 is 9.88 Å². The van der Waals surface area contributed by atoms with Crippen molar-refractivity contribution in [3.63, 3.8) is 0 Å². The van der Waals surface area contributed by atoms with E-state index in [1.54, 1.807) is 11.8 Å². The van der Waals surface area contributed by atoms with Gasteiger partial charge in [-0.1, -0.05) is 60.1 Å². The number of fused-ring (bicyclic) bond motifs is 1. The molecule has 1 aliphatic heterocycles. The predicted octanol–water partition coefficient (Wildman–Crippen LogP) is 4.50. The second-order valence-electron chi connectivity index (χ2n) is 6.49. The fourth-order valence-electron chi connectivity index (χ4n) is 3.24. The maximum Gasteiger partial charge on any atom is 0.233 e. The Morgan fingerprint density at radius 3 is 2.88 bits per heavy atom. The van der Waals surface area contributed by atoms with E-state index in [0.29, 0.717) is 5.02 Å². The van der Waals surface area contributed by atoms with Gasteiger partial charge in [0, 0.05) is 11.6 Å². The summed E-state index contributed by atoms with van der Waals surface area (Å²) >= 11 is 7.72. The van der Waals surface area contributed by atoms with Gasteiger partial charge in [0.25, 0.3) is 0 Å². The van der Waals surface area contributed by atoms with E-state index in [4.69, 9.17) is 16.6 Å². The number of thioether (sulfide) groups is 1. The molecule has 1 aliphatic rings. The first-order valence-corrected chi connectivity index (χ1v) is 10.1. The molecule has 0 radical (unpaired) electrons. The zero-order valence-electron chi connectivity index (χ0n) is 14.3. The van der Waals surface area contributed by atoms with E-state index in [1.807, 2.05) is 36.4 Å². The van der Waals surface area contributed by atoms with Gasteiger partial charge in [0.1, 0.15) is 0 Å². The van der Waals surface area contributed by atoms with Gasteiger partial charge in [-0.3, -0.25) is 4.79 Å². The lowest BCUT2D eigenvalue weighted by Crippen LogP contribution is -2.30. The fourth-order valence-corrected chi connectivity index (χ4v) is 4.58. The molecule has 1 aromatic heterocycles. The predicted molar refractivity (Wildman–Crippen MR) is 107 cm³/mol. The minimum Gasteiger partial charge on any atom is -0.355 e. The van der Waals surface area contributed by atoms with Gasteiger partial charge in [-0.15, -0.1) is 0 Å². The first-order chi connectivity index (χ1) is 12.7. The molecule has 4 nitrogen and oxygen atoms in total. The van der Waals surface area contributed by atoms with Gasteiger partial charge in [0.2, 0.25) is 5.91 Å². The van der Waals surface area contributed by atoms with E-state index in [2.05, 4.69) is 22.0 Å². The van der Waals surface area contributed by atoms with Crippen LogP contribution in [-0.4, -0.2) is 27.3 Å². The normalized spacial score (nSPS) is 17.9. The second-order valence-corrected chi connectivity index (χ2v) is 8.10. The van der Waals surface area contributed by atoms with E-state index in [1.165, 1.54) is 5.56 Å². The number of benzene rings is 2. The van der Waals surface area contributed by atoms with Crippen molar-refractivity contribution in [1.82, 2.24) is 14.9 Å². The summed E-state index contributed by atoms with van der Waals surface area (Å²) in [5.74, 6) is 0.115. The molecule has 4 rings (SSSR count). The molecule has 0 spiro atoms. The molecule has 1 fully saturated rings. The van der Waals surface area contributed by atoms with Crippen LogP contribution in [0.5, 0.6) is 0 Å². The molecule has 0 saturated carbocycles. The van der Waals surface area contributed by atoms with Crippen LogP contribution in [0.15, 0.2) is 53.7 Å². The molecule has 1 amide bonds. The summed E-state index contributed by atoms with van der Waals surface area (Å²) in [5.41, 5.74) is 3.11. The van der Waals surface area contributed by atoms with Crippen LogP contribution >= 0.6 is 23.4 Å². The van der Waals surface area contributed by atoms with Crippen LogP contribution in [0, 0.1) is 0 Å². The lowest BCUT2D eigenvalue weighted by atomic mass is 10.2. The number of nitrogens with one attached hydrogen (secondary N) is 1. The van der Waals surface area contributed by atoms with E-state index in [9.17, 15) is 4.79 Å². The van der Waals surface area contributed by atoms with Gasteiger partial charge >= 0.3 is 0 Å². The van der Waals surface area contributed by atoms with E-state index >= 15 is 0 Å².